The minimum atomic E-state index is -1.01. The van der Waals surface area contributed by atoms with Crippen LogP contribution in [-0.4, -0.2) is 18.9 Å². The van der Waals surface area contributed by atoms with E-state index in [1.165, 1.54) is 7.11 Å². The van der Waals surface area contributed by atoms with Gasteiger partial charge in [0.15, 0.2) is 5.70 Å². The number of carbonyl (C=O) groups excluding carboxylic acids is 1. The normalized spacial score (nSPS) is 21.4. The highest BCUT2D eigenvalue weighted by Crippen LogP contribution is 2.24. The van der Waals surface area contributed by atoms with Gasteiger partial charge < -0.3 is 19.9 Å². The summed E-state index contributed by atoms with van der Waals surface area (Å²) in [6.45, 7) is 3.19. The molecule has 0 saturated heterocycles. The predicted octanol–water partition coefficient (Wildman–Crippen LogP) is 0.0701. The van der Waals surface area contributed by atoms with Crippen molar-refractivity contribution in [1.82, 2.24) is 0 Å². The second kappa shape index (κ2) is 2.58. The fourth-order valence-electron chi connectivity index (χ4n) is 0.812. The maximum absolute atomic E-state index is 11.0. The third-order valence-corrected chi connectivity index (χ3v) is 1.30. The van der Waals surface area contributed by atoms with Crippen LogP contribution in [-0.2, 0) is 19.0 Å². The lowest BCUT2D eigenvalue weighted by molar-refractivity contribution is -0.224. The number of ether oxygens (including phenoxy) is 3. The number of methoxy groups -OCH3 is 1. The van der Waals surface area contributed by atoms with E-state index in [0.717, 1.165) is 0 Å². The van der Waals surface area contributed by atoms with Gasteiger partial charge in [-0.25, -0.2) is 4.79 Å². The van der Waals surface area contributed by atoms with Crippen LogP contribution >= 0.6 is 0 Å². The molecule has 0 amide bonds. The molecule has 0 aromatic heterocycles. The van der Waals surface area contributed by atoms with Crippen LogP contribution in [0, 0.1) is 0 Å². The van der Waals surface area contributed by atoms with E-state index < -0.39 is 11.8 Å². The summed E-state index contributed by atoms with van der Waals surface area (Å²) in [6.07, 6.45) is 0. The summed E-state index contributed by atoms with van der Waals surface area (Å²) in [5.41, 5.74) is 5.17. The Balaban J connectivity index is 2.95. The summed E-state index contributed by atoms with van der Waals surface area (Å²) in [5.74, 6) is -1.62. The number of rotatable bonds is 1. The Morgan fingerprint density at radius 2 is 2.00 bits per heavy atom. The molecule has 12 heavy (non-hydrogen) atoms. The zero-order valence-corrected chi connectivity index (χ0v) is 7.21. The first kappa shape index (κ1) is 8.70. The van der Waals surface area contributed by atoms with Crippen molar-refractivity contribution in [2.75, 3.05) is 7.11 Å². The number of nitrogens with two attached hydrogens (primary N) is 1. The van der Waals surface area contributed by atoms with E-state index in [1.54, 1.807) is 13.8 Å². The lowest BCUT2D eigenvalue weighted by Crippen LogP contribution is -2.39. The van der Waals surface area contributed by atoms with Crippen molar-refractivity contribution in [3.63, 3.8) is 0 Å². The summed E-state index contributed by atoms with van der Waals surface area (Å²) < 4.78 is 14.6. The largest absolute Gasteiger partial charge is 0.467 e. The Kier molecular flexibility index (Phi) is 1.87. The van der Waals surface area contributed by atoms with Crippen molar-refractivity contribution in [3.05, 3.63) is 11.6 Å². The maximum atomic E-state index is 11.0. The molecule has 0 atom stereocenters. The molecule has 0 unspecified atom stereocenters. The topological polar surface area (TPSA) is 70.8 Å². The quantitative estimate of drug-likeness (QED) is 0.568. The van der Waals surface area contributed by atoms with Crippen LogP contribution in [0.1, 0.15) is 13.8 Å². The molecular formula is C7H11NO4. The molecular weight excluding hydrogens is 162 g/mol. The fraction of sp³-hybridized carbons (Fsp3) is 0.571. The van der Waals surface area contributed by atoms with E-state index in [0.29, 0.717) is 0 Å². The summed E-state index contributed by atoms with van der Waals surface area (Å²) in [6, 6.07) is 0. The smallest absolute Gasteiger partial charge is 0.364 e. The van der Waals surface area contributed by atoms with Gasteiger partial charge in [0, 0.05) is 13.8 Å². The van der Waals surface area contributed by atoms with Gasteiger partial charge in [0.2, 0.25) is 0 Å². The SMILES string of the molecule is COC1=C(N)C(=O)OC(C)(C)O1. The third kappa shape index (κ3) is 1.44. The summed E-state index contributed by atoms with van der Waals surface area (Å²) in [4.78, 5) is 11.0. The van der Waals surface area contributed by atoms with E-state index in [9.17, 15) is 4.79 Å². The average molecular weight is 173 g/mol. The molecule has 0 aliphatic carbocycles. The third-order valence-electron chi connectivity index (χ3n) is 1.30. The molecule has 1 heterocycles. The van der Waals surface area contributed by atoms with Gasteiger partial charge in [-0.1, -0.05) is 0 Å². The van der Waals surface area contributed by atoms with Crippen molar-refractivity contribution in [2.24, 2.45) is 5.73 Å². The Hall–Kier alpha value is -1.39. The second-order valence-electron chi connectivity index (χ2n) is 2.80. The van der Waals surface area contributed by atoms with E-state index in [2.05, 4.69) is 0 Å². The van der Waals surface area contributed by atoms with Gasteiger partial charge in [-0.05, 0) is 0 Å². The molecule has 5 heteroatoms. The van der Waals surface area contributed by atoms with Crippen molar-refractivity contribution in [2.45, 2.75) is 19.6 Å². The van der Waals surface area contributed by atoms with Crippen LogP contribution in [0.25, 0.3) is 0 Å². The number of carbonyl (C=O) groups is 1. The first-order chi connectivity index (χ1) is 5.46. The number of hydrogen-bond acceptors (Lipinski definition) is 5. The summed E-state index contributed by atoms with van der Waals surface area (Å²) in [7, 11) is 1.37. The van der Waals surface area contributed by atoms with E-state index >= 15 is 0 Å². The van der Waals surface area contributed by atoms with Crippen molar-refractivity contribution >= 4 is 5.97 Å². The Morgan fingerprint density at radius 1 is 1.42 bits per heavy atom. The van der Waals surface area contributed by atoms with Crippen LogP contribution in [0.4, 0.5) is 0 Å². The first-order valence-electron chi connectivity index (χ1n) is 3.42. The fourth-order valence-corrected chi connectivity index (χ4v) is 0.812. The molecule has 2 N–H and O–H groups in total. The van der Waals surface area contributed by atoms with Crippen LogP contribution < -0.4 is 5.73 Å². The molecule has 0 aromatic carbocycles. The van der Waals surface area contributed by atoms with Gasteiger partial charge in [-0.3, -0.25) is 0 Å². The second-order valence-corrected chi connectivity index (χ2v) is 2.80. The van der Waals surface area contributed by atoms with Gasteiger partial charge in [0.25, 0.3) is 5.79 Å². The van der Waals surface area contributed by atoms with Gasteiger partial charge in [0.05, 0.1) is 7.11 Å². The maximum Gasteiger partial charge on any atom is 0.364 e. The molecule has 1 aliphatic rings. The van der Waals surface area contributed by atoms with Crippen molar-refractivity contribution in [1.29, 1.82) is 0 Å². The molecule has 0 spiro atoms. The molecule has 0 bridgehead atoms. The first-order valence-corrected chi connectivity index (χ1v) is 3.42. The number of cyclic esters (lactones) is 1. The molecule has 0 aromatic rings. The monoisotopic (exact) mass is 173 g/mol. The van der Waals surface area contributed by atoms with E-state index in [4.69, 9.17) is 19.9 Å². The van der Waals surface area contributed by atoms with E-state index in [-0.39, 0.29) is 11.6 Å². The van der Waals surface area contributed by atoms with Crippen LogP contribution in [0.3, 0.4) is 0 Å². The standard InChI is InChI=1S/C7H11NO4/c1-7(2)11-5(9)4(8)6(10-3)12-7/h8H2,1-3H3. The van der Waals surface area contributed by atoms with Crippen LogP contribution in [0.5, 0.6) is 0 Å². The Morgan fingerprint density at radius 3 is 2.50 bits per heavy atom. The molecule has 68 valence electrons. The highest BCUT2D eigenvalue weighted by molar-refractivity contribution is 5.88. The van der Waals surface area contributed by atoms with Gasteiger partial charge in [-0.2, -0.15) is 0 Å². The Labute approximate surface area is 70.1 Å². The number of hydrogen-bond donors (Lipinski definition) is 1. The zero-order valence-electron chi connectivity index (χ0n) is 7.21. The molecule has 0 radical (unpaired) electrons. The summed E-state index contributed by atoms with van der Waals surface area (Å²) in [5, 5.41) is 0. The van der Waals surface area contributed by atoms with Gasteiger partial charge in [0.1, 0.15) is 0 Å². The van der Waals surface area contributed by atoms with Crippen LogP contribution in [0.15, 0.2) is 11.6 Å². The molecule has 1 aliphatic heterocycles. The average Bonchev–Trinajstić information content (AvgIpc) is 1.96. The minimum Gasteiger partial charge on any atom is -0.467 e. The van der Waals surface area contributed by atoms with Crippen molar-refractivity contribution in [3.8, 4) is 0 Å². The lowest BCUT2D eigenvalue weighted by Gasteiger charge is -2.30. The molecule has 5 nitrogen and oxygen atoms in total. The van der Waals surface area contributed by atoms with Gasteiger partial charge >= 0.3 is 11.9 Å². The minimum absolute atomic E-state index is 0.0104. The zero-order chi connectivity index (χ0) is 9.35. The lowest BCUT2D eigenvalue weighted by atomic mass is 10.3. The van der Waals surface area contributed by atoms with Crippen molar-refractivity contribution < 1.29 is 19.0 Å². The highest BCUT2D eigenvalue weighted by atomic mass is 16.8. The highest BCUT2D eigenvalue weighted by Gasteiger charge is 2.35. The number of esters is 1. The van der Waals surface area contributed by atoms with Gasteiger partial charge in [-0.15, -0.1) is 0 Å². The summed E-state index contributed by atoms with van der Waals surface area (Å²) >= 11 is 0. The molecule has 1 rings (SSSR count). The van der Waals surface area contributed by atoms with Crippen LogP contribution in [0.2, 0.25) is 0 Å². The molecule has 0 fully saturated rings. The molecule has 0 saturated carbocycles. The van der Waals surface area contributed by atoms with E-state index in [1.807, 2.05) is 0 Å². The predicted molar refractivity (Wildman–Crippen MR) is 39.5 cm³/mol. The Bertz CT molecular complexity index is 244.